The van der Waals surface area contributed by atoms with Gasteiger partial charge in [0.1, 0.15) is 5.82 Å². The molecule has 0 aliphatic heterocycles. The normalized spacial score (nSPS) is 10.3. The van der Waals surface area contributed by atoms with Gasteiger partial charge in [-0.2, -0.15) is 0 Å². The minimum absolute atomic E-state index is 0.298. The average molecular weight is 230 g/mol. The summed E-state index contributed by atoms with van der Waals surface area (Å²) in [6, 6.07) is 10.3. The predicted octanol–water partition coefficient (Wildman–Crippen LogP) is 3.77. The summed E-state index contributed by atoms with van der Waals surface area (Å²) < 4.78 is 13.2. The molecule has 3 heteroatoms. The Hall–Kier alpha value is -2.03. The van der Waals surface area contributed by atoms with E-state index in [4.69, 9.17) is 5.73 Å². The number of hydrogen-bond acceptors (Lipinski definition) is 2. The van der Waals surface area contributed by atoms with Gasteiger partial charge in [-0.05, 0) is 43.2 Å². The summed E-state index contributed by atoms with van der Waals surface area (Å²) in [7, 11) is 0. The second-order valence-electron chi connectivity index (χ2n) is 4.12. The van der Waals surface area contributed by atoms with Gasteiger partial charge in [0.05, 0.1) is 11.4 Å². The van der Waals surface area contributed by atoms with E-state index < -0.39 is 0 Å². The minimum atomic E-state index is -0.298. The van der Waals surface area contributed by atoms with Gasteiger partial charge < -0.3 is 11.1 Å². The van der Waals surface area contributed by atoms with Gasteiger partial charge in [-0.25, -0.2) is 4.39 Å². The molecule has 0 aliphatic rings. The zero-order valence-electron chi connectivity index (χ0n) is 9.92. The van der Waals surface area contributed by atoms with Gasteiger partial charge in [-0.3, -0.25) is 0 Å². The van der Waals surface area contributed by atoms with Gasteiger partial charge in [0, 0.05) is 5.69 Å². The Morgan fingerprint density at radius 1 is 1.06 bits per heavy atom. The Kier molecular flexibility index (Phi) is 3.00. The molecule has 0 bridgehead atoms. The van der Waals surface area contributed by atoms with Crippen molar-refractivity contribution in [3.05, 3.63) is 53.3 Å². The topological polar surface area (TPSA) is 38.0 Å². The zero-order valence-corrected chi connectivity index (χ0v) is 9.92. The molecule has 0 fully saturated rings. The SMILES string of the molecule is Cc1cccc(C)c1Nc1cc(F)ccc1N. The number of nitrogen functional groups attached to an aromatic ring is 1. The molecule has 2 nitrogen and oxygen atoms in total. The van der Waals surface area contributed by atoms with E-state index in [1.165, 1.54) is 12.1 Å². The number of rotatable bonds is 2. The van der Waals surface area contributed by atoms with Crippen molar-refractivity contribution in [1.82, 2.24) is 0 Å². The summed E-state index contributed by atoms with van der Waals surface area (Å²) in [4.78, 5) is 0. The van der Waals surface area contributed by atoms with E-state index in [0.29, 0.717) is 11.4 Å². The van der Waals surface area contributed by atoms with E-state index in [-0.39, 0.29) is 5.82 Å². The molecule has 0 aliphatic carbocycles. The molecule has 3 N–H and O–H groups in total. The maximum absolute atomic E-state index is 13.2. The molecule has 0 heterocycles. The van der Waals surface area contributed by atoms with Crippen molar-refractivity contribution in [1.29, 1.82) is 0 Å². The van der Waals surface area contributed by atoms with E-state index in [1.807, 2.05) is 32.0 Å². The second kappa shape index (κ2) is 4.45. The molecule has 0 atom stereocenters. The summed E-state index contributed by atoms with van der Waals surface area (Å²) in [6.45, 7) is 4.01. The summed E-state index contributed by atoms with van der Waals surface area (Å²) in [6.07, 6.45) is 0. The van der Waals surface area contributed by atoms with E-state index in [0.717, 1.165) is 16.8 Å². The van der Waals surface area contributed by atoms with Crippen LogP contribution in [0.1, 0.15) is 11.1 Å². The smallest absolute Gasteiger partial charge is 0.125 e. The lowest BCUT2D eigenvalue weighted by Crippen LogP contribution is -2.00. The van der Waals surface area contributed by atoms with Crippen LogP contribution in [-0.2, 0) is 0 Å². The maximum Gasteiger partial charge on any atom is 0.125 e. The maximum atomic E-state index is 13.2. The molecule has 0 spiro atoms. The number of nitrogens with one attached hydrogen (secondary N) is 1. The molecule has 0 aromatic heterocycles. The first kappa shape index (κ1) is 11.5. The third-order valence-electron chi connectivity index (χ3n) is 2.76. The van der Waals surface area contributed by atoms with Gasteiger partial charge >= 0.3 is 0 Å². The first-order chi connectivity index (χ1) is 8.08. The predicted molar refractivity (Wildman–Crippen MR) is 70.0 cm³/mol. The fraction of sp³-hybridized carbons (Fsp3) is 0.143. The molecule has 0 saturated heterocycles. The molecule has 2 aromatic carbocycles. The molecule has 2 aromatic rings. The minimum Gasteiger partial charge on any atom is -0.397 e. The monoisotopic (exact) mass is 230 g/mol. The van der Waals surface area contributed by atoms with Gasteiger partial charge in [0.15, 0.2) is 0 Å². The van der Waals surface area contributed by atoms with Crippen LogP contribution in [0.3, 0.4) is 0 Å². The van der Waals surface area contributed by atoms with E-state index in [1.54, 1.807) is 6.07 Å². The highest BCUT2D eigenvalue weighted by atomic mass is 19.1. The van der Waals surface area contributed by atoms with Crippen LogP contribution in [0.2, 0.25) is 0 Å². The summed E-state index contributed by atoms with van der Waals surface area (Å²) >= 11 is 0. The molecule has 2 rings (SSSR count). The largest absolute Gasteiger partial charge is 0.397 e. The van der Waals surface area contributed by atoms with Crippen LogP contribution in [-0.4, -0.2) is 0 Å². The number of halogens is 1. The van der Waals surface area contributed by atoms with Gasteiger partial charge in [0.25, 0.3) is 0 Å². The van der Waals surface area contributed by atoms with Crippen molar-refractivity contribution in [2.45, 2.75) is 13.8 Å². The number of anilines is 3. The van der Waals surface area contributed by atoms with Crippen molar-refractivity contribution in [2.75, 3.05) is 11.1 Å². The highest BCUT2D eigenvalue weighted by molar-refractivity contribution is 5.75. The standard InChI is InChI=1S/C14H15FN2/c1-9-4-3-5-10(2)14(9)17-13-8-11(15)6-7-12(13)16/h3-8,17H,16H2,1-2H3. The van der Waals surface area contributed by atoms with E-state index in [9.17, 15) is 4.39 Å². The number of para-hydroxylation sites is 1. The Labute approximate surface area is 100 Å². The van der Waals surface area contributed by atoms with E-state index >= 15 is 0 Å². The van der Waals surface area contributed by atoms with Crippen LogP contribution in [0.15, 0.2) is 36.4 Å². The van der Waals surface area contributed by atoms with Crippen molar-refractivity contribution in [3.8, 4) is 0 Å². The molecule has 0 unspecified atom stereocenters. The van der Waals surface area contributed by atoms with Crippen LogP contribution < -0.4 is 11.1 Å². The van der Waals surface area contributed by atoms with Crippen molar-refractivity contribution in [3.63, 3.8) is 0 Å². The van der Waals surface area contributed by atoms with Crippen LogP contribution in [0, 0.1) is 19.7 Å². The lowest BCUT2D eigenvalue weighted by molar-refractivity contribution is 0.628. The summed E-state index contributed by atoms with van der Waals surface area (Å²) in [5, 5.41) is 3.18. The van der Waals surface area contributed by atoms with Crippen LogP contribution >= 0.6 is 0 Å². The average Bonchev–Trinajstić information content (AvgIpc) is 2.28. The Morgan fingerprint density at radius 2 is 1.71 bits per heavy atom. The Balaban J connectivity index is 2.41. The van der Waals surface area contributed by atoms with Gasteiger partial charge in [-0.15, -0.1) is 0 Å². The first-order valence-electron chi connectivity index (χ1n) is 5.46. The number of hydrogen-bond donors (Lipinski definition) is 2. The van der Waals surface area contributed by atoms with Crippen LogP contribution in [0.5, 0.6) is 0 Å². The van der Waals surface area contributed by atoms with Gasteiger partial charge in [-0.1, -0.05) is 18.2 Å². The first-order valence-corrected chi connectivity index (χ1v) is 5.46. The molecule has 0 saturated carbocycles. The highest BCUT2D eigenvalue weighted by Crippen LogP contribution is 2.28. The molecular formula is C14H15FN2. The molecule has 0 amide bonds. The summed E-state index contributed by atoms with van der Waals surface area (Å²) in [5.74, 6) is -0.298. The molecule has 17 heavy (non-hydrogen) atoms. The lowest BCUT2D eigenvalue weighted by Gasteiger charge is -2.14. The fourth-order valence-electron chi connectivity index (χ4n) is 1.78. The lowest BCUT2D eigenvalue weighted by atomic mass is 10.1. The molecular weight excluding hydrogens is 215 g/mol. The second-order valence-corrected chi connectivity index (χ2v) is 4.12. The number of nitrogens with two attached hydrogens (primary N) is 1. The van der Waals surface area contributed by atoms with Crippen molar-refractivity contribution in [2.24, 2.45) is 0 Å². The highest BCUT2D eigenvalue weighted by Gasteiger charge is 2.05. The molecule has 0 radical (unpaired) electrons. The van der Waals surface area contributed by atoms with Crippen LogP contribution in [0.25, 0.3) is 0 Å². The Morgan fingerprint density at radius 3 is 2.35 bits per heavy atom. The van der Waals surface area contributed by atoms with Crippen molar-refractivity contribution < 1.29 is 4.39 Å². The van der Waals surface area contributed by atoms with Crippen LogP contribution in [0.4, 0.5) is 21.5 Å². The summed E-state index contributed by atoms with van der Waals surface area (Å²) in [5.41, 5.74) is 10.1. The zero-order chi connectivity index (χ0) is 12.4. The molecule has 88 valence electrons. The third-order valence-corrected chi connectivity index (χ3v) is 2.76. The Bertz CT molecular complexity index is 530. The van der Waals surface area contributed by atoms with Crippen molar-refractivity contribution >= 4 is 17.1 Å². The van der Waals surface area contributed by atoms with E-state index in [2.05, 4.69) is 5.32 Å². The fourth-order valence-corrected chi connectivity index (χ4v) is 1.78. The number of benzene rings is 2. The third kappa shape index (κ3) is 2.38. The number of aryl methyl sites for hydroxylation is 2. The quantitative estimate of drug-likeness (QED) is 0.771. The van der Waals surface area contributed by atoms with Gasteiger partial charge in [0.2, 0.25) is 0 Å².